The third kappa shape index (κ3) is 2.07. The van der Waals surface area contributed by atoms with Crippen molar-refractivity contribution in [2.75, 3.05) is 11.9 Å². The lowest BCUT2D eigenvalue weighted by atomic mass is 9.68. The number of aromatic nitrogens is 1. The van der Waals surface area contributed by atoms with Crippen molar-refractivity contribution in [1.82, 2.24) is 4.98 Å². The molecule has 3 nitrogen and oxygen atoms in total. The number of pyridine rings is 1. The second-order valence-corrected chi connectivity index (χ2v) is 7.31. The lowest BCUT2D eigenvalue weighted by Gasteiger charge is -2.43. The van der Waals surface area contributed by atoms with Gasteiger partial charge in [-0.15, -0.1) is 0 Å². The van der Waals surface area contributed by atoms with Gasteiger partial charge < -0.3 is 10.1 Å². The molecule has 1 heterocycles. The van der Waals surface area contributed by atoms with Crippen LogP contribution in [0.5, 0.6) is 5.88 Å². The van der Waals surface area contributed by atoms with E-state index in [4.69, 9.17) is 4.74 Å². The van der Waals surface area contributed by atoms with Gasteiger partial charge in [0.1, 0.15) is 0 Å². The Kier molecular flexibility index (Phi) is 3.19. The normalized spacial score (nSPS) is 34.2. The van der Waals surface area contributed by atoms with E-state index in [0.29, 0.717) is 29.4 Å². The largest absolute Gasteiger partial charge is 0.478 e. The molecule has 0 aliphatic heterocycles. The second kappa shape index (κ2) is 4.64. The molecule has 2 aliphatic rings. The van der Waals surface area contributed by atoms with Gasteiger partial charge in [-0.3, -0.25) is 0 Å². The maximum atomic E-state index is 5.40. The van der Waals surface area contributed by atoms with Gasteiger partial charge in [-0.05, 0) is 49.0 Å². The summed E-state index contributed by atoms with van der Waals surface area (Å²) >= 11 is 0. The summed E-state index contributed by atoms with van der Waals surface area (Å²) in [6, 6.07) is 4.58. The number of fused-ring (bicyclic) bond motifs is 2. The van der Waals surface area contributed by atoms with E-state index in [9.17, 15) is 0 Å². The van der Waals surface area contributed by atoms with Crippen molar-refractivity contribution >= 4 is 5.69 Å². The van der Waals surface area contributed by atoms with Crippen molar-refractivity contribution < 1.29 is 4.74 Å². The summed E-state index contributed by atoms with van der Waals surface area (Å²) < 4.78 is 5.40. The summed E-state index contributed by atoms with van der Waals surface area (Å²) in [6.07, 6.45) is 6.00. The molecule has 0 amide bonds. The standard InChI is InChI=1S/C17H26N2O/c1-5-20-14-7-6-13(11-18-14)19-15-16(2,3)12-8-9-17(15,4)10-12/h6-7,11-12,15,19H,5,8-10H2,1-4H3/t12-,15?,17+/m0/s1. The van der Waals surface area contributed by atoms with Crippen LogP contribution in [-0.2, 0) is 0 Å². The Bertz CT molecular complexity index is 478. The summed E-state index contributed by atoms with van der Waals surface area (Å²) in [7, 11) is 0. The first-order valence-corrected chi connectivity index (χ1v) is 7.81. The number of anilines is 1. The predicted octanol–water partition coefficient (Wildman–Crippen LogP) is 4.11. The van der Waals surface area contributed by atoms with Crippen LogP contribution >= 0.6 is 0 Å². The molecule has 2 fully saturated rings. The maximum absolute atomic E-state index is 5.40. The molecule has 0 spiro atoms. The topological polar surface area (TPSA) is 34.1 Å². The van der Waals surface area contributed by atoms with Crippen molar-refractivity contribution in [3.8, 4) is 5.88 Å². The minimum absolute atomic E-state index is 0.367. The quantitative estimate of drug-likeness (QED) is 0.897. The molecule has 1 unspecified atom stereocenters. The Hall–Kier alpha value is -1.25. The Balaban J connectivity index is 1.77. The fraction of sp³-hybridized carbons (Fsp3) is 0.706. The SMILES string of the molecule is CCOc1ccc(NC2C(C)(C)[C@H]3CC[C@]2(C)C3)cn1. The van der Waals surface area contributed by atoms with Gasteiger partial charge in [-0.1, -0.05) is 20.8 Å². The third-order valence-electron chi connectivity index (χ3n) is 5.61. The zero-order valence-electron chi connectivity index (χ0n) is 13.1. The van der Waals surface area contributed by atoms with Crippen LogP contribution in [0.25, 0.3) is 0 Å². The van der Waals surface area contributed by atoms with Crippen LogP contribution in [0.1, 0.15) is 47.0 Å². The molecule has 2 bridgehead atoms. The van der Waals surface area contributed by atoms with Crippen molar-refractivity contribution in [1.29, 1.82) is 0 Å². The van der Waals surface area contributed by atoms with Crippen LogP contribution in [-0.4, -0.2) is 17.6 Å². The monoisotopic (exact) mass is 274 g/mol. The van der Waals surface area contributed by atoms with Crippen molar-refractivity contribution in [3.05, 3.63) is 18.3 Å². The molecule has 110 valence electrons. The molecular weight excluding hydrogens is 248 g/mol. The molecule has 0 saturated heterocycles. The average molecular weight is 274 g/mol. The Morgan fingerprint density at radius 2 is 2.15 bits per heavy atom. The number of nitrogens with one attached hydrogen (secondary N) is 1. The van der Waals surface area contributed by atoms with E-state index < -0.39 is 0 Å². The first-order valence-electron chi connectivity index (χ1n) is 7.81. The zero-order valence-corrected chi connectivity index (χ0v) is 13.1. The summed E-state index contributed by atoms with van der Waals surface area (Å²) in [5, 5.41) is 3.75. The van der Waals surface area contributed by atoms with Gasteiger partial charge in [0.2, 0.25) is 5.88 Å². The Labute approximate surface area is 122 Å². The van der Waals surface area contributed by atoms with Crippen LogP contribution in [0.3, 0.4) is 0 Å². The molecule has 2 aliphatic carbocycles. The highest BCUT2D eigenvalue weighted by atomic mass is 16.5. The molecule has 2 saturated carbocycles. The highest BCUT2D eigenvalue weighted by Gasteiger charge is 2.59. The molecule has 1 aromatic rings. The first-order chi connectivity index (χ1) is 9.45. The van der Waals surface area contributed by atoms with E-state index in [1.165, 1.54) is 19.3 Å². The molecule has 3 atom stereocenters. The van der Waals surface area contributed by atoms with E-state index in [1.807, 2.05) is 19.2 Å². The Morgan fingerprint density at radius 1 is 1.35 bits per heavy atom. The van der Waals surface area contributed by atoms with Gasteiger partial charge in [0, 0.05) is 12.1 Å². The number of nitrogens with zero attached hydrogens (tertiary/aromatic N) is 1. The third-order valence-corrected chi connectivity index (χ3v) is 5.61. The van der Waals surface area contributed by atoms with E-state index in [1.54, 1.807) is 0 Å². The number of rotatable bonds is 4. The summed E-state index contributed by atoms with van der Waals surface area (Å²) in [4.78, 5) is 4.36. The minimum atomic E-state index is 0.367. The average Bonchev–Trinajstić information content (AvgIpc) is 2.88. The summed E-state index contributed by atoms with van der Waals surface area (Å²) in [6.45, 7) is 9.92. The van der Waals surface area contributed by atoms with E-state index >= 15 is 0 Å². The smallest absolute Gasteiger partial charge is 0.213 e. The summed E-state index contributed by atoms with van der Waals surface area (Å²) in [5.41, 5.74) is 1.92. The highest BCUT2D eigenvalue weighted by Crippen LogP contribution is 2.63. The van der Waals surface area contributed by atoms with Crippen LogP contribution in [0.4, 0.5) is 5.69 Å². The van der Waals surface area contributed by atoms with Crippen LogP contribution in [0, 0.1) is 16.7 Å². The van der Waals surface area contributed by atoms with Gasteiger partial charge in [0.25, 0.3) is 0 Å². The Morgan fingerprint density at radius 3 is 2.70 bits per heavy atom. The van der Waals surface area contributed by atoms with Gasteiger partial charge in [0.15, 0.2) is 0 Å². The lowest BCUT2D eigenvalue weighted by molar-refractivity contribution is 0.155. The highest BCUT2D eigenvalue weighted by molar-refractivity contribution is 5.45. The second-order valence-electron chi connectivity index (χ2n) is 7.31. The molecular formula is C17H26N2O. The molecule has 1 aromatic heterocycles. The van der Waals surface area contributed by atoms with Crippen LogP contribution in [0.2, 0.25) is 0 Å². The molecule has 3 rings (SSSR count). The maximum Gasteiger partial charge on any atom is 0.213 e. The van der Waals surface area contributed by atoms with Crippen LogP contribution in [0.15, 0.2) is 18.3 Å². The van der Waals surface area contributed by atoms with Gasteiger partial charge in [-0.25, -0.2) is 4.98 Å². The molecule has 20 heavy (non-hydrogen) atoms. The first kappa shape index (κ1) is 13.7. The van der Waals surface area contributed by atoms with Crippen molar-refractivity contribution in [2.45, 2.75) is 53.0 Å². The zero-order chi connectivity index (χ0) is 14.4. The van der Waals surface area contributed by atoms with E-state index in [2.05, 4.69) is 37.1 Å². The van der Waals surface area contributed by atoms with Crippen molar-refractivity contribution in [3.63, 3.8) is 0 Å². The van der Waals surface area contributed by atoms with Crippen LogP contribution < -0.4 is 10.1 Å². The number of hydrogen-bond donors (Lipinski definition) is 1. The van der Waals surface area contributed by atoms with E-state index in [-0.39, 0.29) is 0 Å². The van der Waals surface area contributed by atoms with Gasteiger partial charge >= 0.3 is 0 Å². The van der Waals surface area contributed by atoms with E-state index in [0.717, 1.165) is 11.6 Å². The predicted molar refractivity (Wildman–Crippen MR) is 82.0 cm³/mol. The van der Waals surface area contributed by atoms with Crippen molar-refractivity contribution in [2.24, 2.45) is 16.7 Å². The molecule has 0 radical (unpaired) electrons. The van der Waals surface area contributed by atoms with Gasteiger partial charge in [-0.2, -0.15) is 0 Å². The lowest BCUT2D eigenvalue weighted by Crippen LogP contribution is -2.45. The number of hydrogen-bond acceptors (Lipinski definition) is 3. The fourth-order valence-electron chi connectivity index (χ4n) is 4.53. The fourth-order valence-corrected chi connectivity index (χ4v) is 4.53. The molecule has 1 N–H and O–H groups in total. The molecule has 3 heteroatoms. The van der Waals surface area contributed by atoms with Gasteiger partial charge in [0.05, 0.1) is 18.5 Å². The summed E-state index contributed by atoms with van der Waals surface area (Å²) in [5.74, 6) is 1.57. The molecule has 0 aromatic carbocycles. The number of ether oxygens (including phenoxy) is 1. The minimum Gasteiger partial charge on any atom is -0.478 e.